The van der Waals surface area contributed by atoms with E-state index in [1.165, 1.54) is 0 Å². The van der Waals surface area contributed by atoms with Gasteiger partial charge in [-0.15, -0.1) is 0 Å². The minimum Gasteiger partial charge on any atom is -1.00 e. The molecule has 0 aromatic heterocycles. The van der Waals surface area contributed by atoms with Crippen molar-refractivity contribution in [2.75, 3.05) is 0 Å². The molecular weight excluding hydrogens is 287 g/mol. The summed E-state index contributed by atoms with van der Waals surface area (Å²) in [6.45, 7) is 0. The first kappa shape index (κ1) is 1970. The van der Waals surface area contributed by atoms with Crippen LogP contribution in [-0.4, -0.2) is 0 Å². The number of hydrogen-bond donors (Lipinski definition) is 0. The van der Waals surface area contributed by atoms with E-state index in [9.17, 15) is 0 Å². The molecule has 0 unspecified atom stereocenters. The molecule has 6 heteroatoms. The van der Waals surface area contributed by atoms with Gasteiger partial charge in [0.15, 0.2) is 0 Å². The van der Waals surface area contributed by atoms with Gasteiger partial charge >= 0.3 is 0 Å². The number of halogens is 5. The van der Waals surface area contributed by atoms with Crippen LogP contribution in [0.5, 0.6) is 0 Å². The van der Waals surface area contributed by atoms with Gasteiger partial charge in [-0.05, 0) is 0 Å². The maximum atomic E-state index is 0. The molecule has 0 spiro atoms. The van der Waals surface area contributed by atoms with E-state index in [2.05, 4.69) is 0 Å². The van der Waals surface area contributed by atoms with Gasteiger partial charge < -0.3 is 23.5 Å². The van der Waals surface area contributed by atoms with Crippen LogP contribution in [0.3, 0.4) is 0 Å². The van der Waals surface area contributed by atoms with Crippen LogP contribution in [0.1, 0.15) is 0 Å². The molecule has 0 heterocycles. The first-order valence-corrected chi connectivity index (χ1v) is 0. The van der Waals surface area contributed by atoms with Crippen LogP contribution >= 0.6 is 0 Å². The molecule has 0 bridgehead atoms. The molecule has 0 aliphatic carbocycles. The van der Waals surface area contributed by atoms with Crippen molar-refractivity contribution in [3.8, 4) is 0 Å². The standard InChI is InChI=1S/5FH.Ir/h5*1H;/p-5. The summed E-state index contributed by atoms with van der Waals surface area (Å²) in [6.07, 6.45) is 0. The average molecular weight is 287 g/mol. The maximum absolute atomic E-state index is 0. The first-order valence-electron chi connectivity index (χ1n) is 0. The van der Waals surface area contributed by atoms with Gasteiger partial charge in [-0.1, -0.05) is 0 Å². The van der Waals surface area contributed by atoms with Gasteiger partial charge in [0.25, 0.3) is 0 Å². The zero-order valence-corrected chi connectivity index (χ0v) is 4.62. The van der Waals surface area contributed by atoms with Crippen molar-refractivity contribution < 1.29 is 43.6 Å². The Labute approximate surface area is 44.5 Å². The van der Waals surface area contributed by atoms with Gasteiger partial charge in [0.1, 0.15) is 0 Å². The van der Waals surface area contributed by atoms with Crippen molar-refractivity contribution in [1.82, 2.24) is 0 Å². The summed E-state index contributed by atoms with van der Waals surface area (Å²) in [6, 6.07) is 0. The Morgan fingerprint density at radius 3 is 0.333 bits per heavy atom. The van der Waals surface area contributed by atoms with E-state index in [0.29, 0.717) is 0 Å². The molecule has 49 valence electrons. The molecule has 1 radical (unpaired) electrons. The Morgan fingerprint density at radius 1 is 0.333 bits per heavy atom. The molecule has 0 aromatic rings. The molecule has 0 N–H and O–H groups in total. The van der Waals surface area contributed by atoms with E-state index in [1.54, 1.807) is 0 Å². The van der Waals surface area contributed by atoms with Crippen LogP contribution in [0.2, 0.25) is 0 Å². The zero-order valence-electron chi connectivity index (χ0n) is 2.22. The first-order chi connectivity index (χ1) is 0. The molecule has 0 fully saturated rings. The van der Waals surface area contributed by atoms with Crippen LogP contribution < -0.4 is 23.5 Å². The molecule has 0 saturated carbocycles. The SMILES string of the molecule is [F-].[F-].[F-].[F-].[F-].[Ir]. The van der Waals surface area contributed by atoms with E-state index < -0.39 is 0 Å². The second kappa shape index (κ2) is 1090. The normalized spacial score (nSPS) is 0. The van der Waals surface area contributed by atoms with E-state index in [4.69, 9.17) is 0 Å². The third-order valence-electron chi connectivity index (χ3n) is 0. The summed E-state index contributed by atoms with van der Waals surface area (Å²) >= 11 is 0. The molecule has 0 atom stereocenters. The number of hydrogen-bond acceptors (Lipinski definition) is 0. The van der Waals surface area contributed by atoms with Gasteiger partial charge in [0, 0.05) is 20.1 Å². The van der Waals surface area contributed by atoms with E-state index in [0.717, 1.165) is 0 Å². The van der Waals surface area contributed by atoms with Crippen LogP contribution in [0.25, 0.3) is 0 Å². The van der Waals surface area contributed by atoms with Gasteiger partial charge in [0.2, 0.25) is 0 Å². The molecule has 6 heavy (non-hydrogen) atoms. The summed E-state index contributed by atoms with van der Waals surface area (Å²) in [5, 5.41) is 0. The number of rotatable bonds is 0. The minimum atomic E-state index is 0. The minimum absolute atomic E-state index is 0. The Kier molecular flexibility index (Phi) is 360000. The quantitative estimate of drug-likeness (QED) is 0.388. The van der Waals surface area contributed by atoms with Crippen LogP contribution in [0, 0.1) is 0 Å². The predicted octanol–water partition coefficient (Wildman–Crippen LogP) is -15.0. The van der Waals surface area contributed by atoms with Crippen LogP contribution in [0.4, 0.5) is 0 Å². The van der Waals surface area contributed by atoms with Crippen molar-refractivity contribution in [1.29, 1.82) is 0 Å². The van der Waals surface area contributed by atoms with Gasteiger partial charge in [-0.25, -0.2) is 0 Å². The Bertz CT molecular complexity index is 3.90. The smallest absolute Gasteiger partial charge is 0 e. The third-order valence-corrected chi connectivity index (χ3v) is 0. The Balaban J connectivity index is 0. The predicted molar refractivity (Wildman–Crippen MR) is 0 cm³/mol. The van der Waals surface area contributed by atoms with Crippen molar-refractivity contribution >= 4 is 0 Å². The zero-order chi connectivity index (χ0) is 0. The second-order valence-electron chi connectivity index (χ2n) is 0. The fourth-order valence-corrected chi connectivity index (χ4v) is 0. The monoisotopic (exact) mass is 288 g/mol. The van der Waals surface area contributed by atoms with E-state index in [1.807, 2.05) is 0 Å². The molecule has 0 amide bonds. The van der Waals surface area contributed by atoms with Gasteiger partial charge in [-0.3, -0.25) is 0 Å². The molecule has 0 nitrogen and oxygen atoms in total. The fraction of sp³-hybridized carbons (Fsp3) is 0. The molecule has 0 aromatic carbocycles. The molecule has 0 aliphatic rings. The van der Waals surface area contributed by atoms with Crippen molar-refractivity contribution in [3.63, 3.8) is 0 Å². The summed E-state index contributed by atoms with van der Waals surface area (Å²) in [7, 11) is 0. The van der Waals surface area contributed by atoms with Crippen LogP contribution in [-0.2, 0) is 20.1 Å². The second-order valence-corrected chi connectivity index (χ2v) is 0. The van der Waals surface area contributed by atoms with Gasteiger partial charge in [-0.2, -0.15) is 0 Å². The summed E-state index contributed by atoms with van der Waals surface area (Å²) in [5.41, 5.74) is 0. The summed E-state index contributed by atoms with van der Waals surface area (Å²) in [4.78, 5) is 0. The van der Waals surface area contributed by atoms with E-state index in [-0.39, 0.29) is 43.6 Å². The maximum Gasteiger partial charge on any atom is 0 e. The summed E-state index contributed by atoms with van der Waals surface area (Å²) < 4.78 is 0. The third kappa shape index (κ3) is 522. The van der Waals surface area contributed by atoms with Gasteiger partial charge in [0.05, 0.1) is 0 Å². The van der Waals surface area contributed by atoms with E-state index >= 15 is 0 Å². The van der Waals surface area contributed by atoms with Crippen LogP contribution in [0.15, 0.2) is 0 Å². The largest absolute Gasteiger partial charge is 1.00 e. The topological polar surface area (TPSA) is 0 Å². The Hall–Kier alpha value is 0.299. The Morgan fingerprint density at radius 2 is 0.333 bits per heavy atom. The van der Waals surface area contributed by atoms with Crippen molar-refractivity contribution in [2.24, 2.45) is 0 Å². The fourth-order valence-electron chi connectivity index (χ4n) is 0. The molecular formula is F5Ir-5. The molecule has 0 rings (SSSR count). The molecule has 0 aliphatic heterocycles. The van der Waals surface area contributed by atoms with Crippen molar-refractivity contribution in [2.45, 2.75) is 0 Å². The van der Waals surface area contributed by atoms with Crippen molar-refractivity contribution in [3.05, 3.63) is 0 Å². The average Bonchev–Trinajstić information content (AvgIpc) is 0. The summed E-state index contributed by atoms with van der Waals surface area (Å²) in [5.74, 6) is 0. The molecule has 0 saturated heterocycles.